The van der Waals surface area contributed by atoms with Gasteiger partial charge in [-0.15, -0.1) is 11.3 Å². The Hall–Kier alpha value is -1.74. The van der Waals surface area contributed by atoms with E-state index in [1.807, 2.05) is 30.3 Å². The van der Waals surface area contributed by atoms with Crippen molar-refractivity contribution < 1.29 is 17.9 Å². The van der Waals surface area contributed by atoms with E-state index >= 15 is 0 Å². The molecule has 24 heavy (non-hydrogen) atoms. The maximum Gasteiger partial charge on any atom is 0.250 e. The third-order valence-electron chi connectivity index (χ3n) is 3.76. The summed E-state index contributed by atoms with van der Waals surface area (Å²) < 4.78 is 32.4. The number of nitrogens with one attached hydrogen (secondary N) is 1. The molecule has 0 spiro atoms. The summed E-state index contributed by atoms with van der Waals surface area (Å²) in [6.45, 7) is 1.07. The number of carbonyl (C=O) groups excluding carboxylic acids is 1. The number of hydrogen-bond donors (Lipinski definition) is 1. The van der Waals surface area contributed by atoms with Gasteiger partial charge >= 0.3 is 0 Å². The maximum absolute atomic E-state index is 12.3. The predicted octanol–water partition coefficient (Wildman–Crippen LogP) is 1.63. The van der Waals surface area contributed by atoms with E-state index in [1.165, 1.54) is 6.07 Å². The monoisotopic (exact) mass is 366 g/mol. The summed E-state index contributed by atoms with van der Waals surface area (Å²) >= 11 is 1.12. The van der Waals surface area contributed by atoms with E-state index in [2.05, 4.69) is 4.72 Å². The Labute approximate surface area is 145 Å². The number of hydrogen-bond acceptors (Lipinski definition) is 5. The summed E-state index contributed by atoms with van der Waals surface area (Å²) in [6.07, 6.45) is -0.183. The van der Waals surface area contributed by atoms with E-state index in [-0.39, 0.29) is 22.8 Å². The SMILES string of the molecule is O=C(CNS(=O)(=O)c1cccs1)N1CCO[C@@H](c2ccccc2)C1. The van der Waals surface area contributed by atoms with Gasteiger partial charge in [0.05, 0.1) is 19.7 Å². The zero-order valence-electron chi connectivity index (χ0n) is 12.9. The van der Waals surface area contributed by atoms with Crippen LogP contribution in [0, 0.1) is 0 Å². The Bertz CT molecular complexity index is 776. The van der Waals surface area contributed by atoms with Crippen LogP contribution in [0.15, 0.2) is 52.1 Å². The zero-order chi connectivity index (χ0) is 17.0. The summed E-state index contributed by atoms with van der Waals surface area (Å²) in [5.74, 6) is -0.251. The first kappa shape index (κ1) is 17.1. The molecule has 128 valence electrons. The number of amides is 1. The fourth-order valence-corrected chi connectivity index (χ4v) is 4.51. The van der Waals surface area contributed by atoms with E-state index in [0.717, 1.165) is 16.9 Å². The Morgan fingerprint density at radius 2 is 2.04 bits per heavy atom. The third-order valence-corrected chi connectivity index (χ3v) is 6.56. The molecule has 1 saturated heterocycles. The lowest BCUT2D eigenvalue weighted by Crippen LogP contribution is -2.46. The highest BCUT2D eigenvalue weighted by atomic mass is 32.2. The molecule has 0 bridgehead atoms. The first-order chi connectivity index (χ1) is 11.6. The second-order valence-corrected chi connectivity index (χ2v) is 8.31. The van der Waals surface area contributed by atoms with E-state index in [0.29, 0.717) is 19.7 Å². The molecule has 1 aromatic carbocycles. The molecule has 1 atom stereocenters. The van der Waals surface area contributed by atoms with Crippen LogP contribution >= 0.6 is 11.3 Å². The van der Waals surface area contributed by atoms with Crippen molar-refractivity contribution in [3.8, 4) is 0 Å². The smallest absolute Gasteiger partial charge is 0.250 e. The molecule has 3 rings (SSSR count). The fourth-order valence-electron chi connectivity index (χ4n) is 2.50. The molecule has 6 nitrogen and oxygen atoms in total. The van der Waals surface area contributed by atoms with Gasteiger partial charge in [0.15, 0.2) is 0 Å². The first-order valence-electron chi connectivity index (χ1n) is 7.54. The van der Waals surface area contributed by atoms with Crippen LogP contribution in [0.25, 0.3) is 0 Å². The number of sulfonamides is 1. The molecule has 1 N–H and O–H groups in total. The fraction of sp³-hybridized carbons (Fsp3) is 0.312. The van der Waals surface area contributed by atoms with Crippen LogP contribution in [0.3, 0.4) is 0 Å². The molecule has 1 amide bonds. The van der Waals surface area contributed by atoms with Gasteiger partial charge in [0.25, 0.3) is 10.0 Å². The van der Waals surface area contributed by atoms with Crippen molar-refractivity contribution in [1.82, 2.24) is 9.62 Å². The maximum atomic E-state index is 12.3. The summed E-state index contributed by atoms with van der Waals surface area (Å²) in [5, 5.41) is 1.68. The summed E-state index contributed by atoms with van der Waals surface area (Å²) in [7, 11) is -3.63. The molecule has 2 aromatic rings. The molecule has 1 aliphatic rings. The molecule has 0 aliphatic carbocycles. The highest BCUT2D eigenvalue weighted by Gasteiger charge is 2.26. The van der Waals surface area contributed by atoms with E-state index in [1.54, 1.807) is 16.3 Å². The molecule has 1 aliphatic heterocycles. The minimum Gasteiger partial charge on any atom is -0.370 e. The summed E-state index contributed by atoms with van der Waals surface area (Å²) in [5.41, 5.74) is 1.01. The van der Waals surface area contributed by atoms with Crippen molar-refractivity contribution in [2.75, 3.05) is 26.2 Å². The lowest BCUT2D eigenvalue weighted by molar-refractivity contribution is -0.137. The number of thiophene rings is 1. The average Bonchev–Trinajstić information content (AvgIpc) is 3.16. The molecular weight excluding hydrogens is 348 g/mol. The third kappa shape index (κ3) is 4.02. The van der Waals surface area contributed by atoms with Crippen LogP contribution in [0.5, 0.6) is 0 Å². The van der Waals surface area contributed by atoms with E-state index in [9.17, 15) is 13.2 Å². The minimum absolute atomic E-state index is 0.183. The largest absolute Gasteiger partial charge is 0.370 e. The van der Waals surface area contributed by atoms with E-state index < -0.39 is 10.0 Å². The second-order valence-electron chi connectivity index (χ2n) is 5.37. The standard InChI is InChI=1S/C16H18N2O4S2/c19-15(11-17-24(20,21)16-7-4-10-23-16)18-8-9-22-14(12-18)13-5-2-1-3-6-13/h1-7,10,14,17H,8-9,11-12H2/t14-/m1/s1. The molecule has 8 heteroatoms. The number of carbonyl (C=O) groups is 1. The van der Waals surface area contributed by atoms with Gasteiger partial charge in [0.1, 0.15) is 10.3 Å². The molecule has 0 unspecified atom stereocenters. The molecule has 1 fully saturated rings. The van der Waals surface area contributed by atoms with Crippen LogP contribution in [-0.2, 0) is 19.6 Å². The highest BCUT2D eigenvalue weighted by molar-refractivity contribution is 7.91. The lowest BCUT2D eigenvalue weighted by atomic mass is 10.1. The van der Waals surface area contributed by atoms with Crippen molar-refractivity contribution in [1.29, 1.82) is 0 Å². The Morgan fingerprint density at radius 1 is 1.25 bits per heavy atom. The lowest BCUT2D eigenvalue weighted by Gasteiger charge is -2.33. The minimum atomic E-state index is -3.63. The van der Waals surface area contributed by atoms with Crippen molar-refractivity contribution in [3.63, 3.8) is 0 Å². The second kappa shape index (κ2) is 7.43. The van der Waals surface area contributed by atoms with Gasteiger partial charge in [-0.2, -0.15) is 0 Å². The number of rotatable bonds is 5. The van der Waals surface area contributed by atoms with Crippen LogP contribution in [-0.4, -0.2) is 45.5 Å². The van der Waals surface area contributed by atoms with Crippen molar-refractivity contribution in [2.45, 2.75) is 10.3 Å². The molecule has 1 aromatic heterocycles. The van der Waals surface area contributed by atoms with Gasteiger partial charge in [-0.05, 0) is 17.0 Å². The molecular formula is C16H18N2O4S2. The first-order valence-corrected chi connectivity index (χ1v) is 9.90. The zero-order valence-corrected chi connectivity index (χ0v) is 14.6. The van der Waals surface area contributed by atoms with Crippen molar-refractivity contribution >= 4 is 27.3 Å². The molecule has 2 heterocycles. The predicted molar refractivity (Wildman–Crippen MR) is 91.2 cm³/mol. The van der Waals surface area contributed by atoms with Crippen LogP contribution in [0.2, 0.25) is 0 Å². The topological polar surface area (TPSA) is 75.7 Å². The normalized spacial score (nSPS) is 18.5. The summed E-state index contributed by atoms with van der Waals surface area (Å²) in [4.78, 5) is 14.0. The van der Waals surface area contributed by atoms with E-state index in [4.69, 9.17) is 4.74 Å². The van der Waals surface area contributed by atoms with Crippen molar-refractivity contribution in [2.24, 2.45) is 0 Å². The highest BCUT2D eigenvalue weighted by Crippen LogP contribution is 2.22. The average molecular weight is 366 g/mol. The van der Waals surface area contributed by atoms with Crippen LogP contribution in [0.1, 0.15) is 11.7 Å². The Morgan fingerprint density at radius 3 is 2.75 bits per heavy atom. The van der Waals surface area contributed by atoms with Gasteiger partial charge in [0.2, 0.25) is 5.91 Å². The summed E-state index contributed by atoms with van der Waals surface area (Å²) in [6, 6.07) is 12.9. The number of benzene rings is 1. The Balaban J connectivity index is 1.59. The molecule has 0 radical (unpaired) electrons. The number of morpholine rings is 1. The van der Waals surface area contributed by atoms with Gasteiger partial charge in [-0.3, -0.25) is 4.79 Å². The number of ether oxygens (including phenoxy) is 1. The van der Waals surface area contributed by atoms with Gasteiger partial charge < -0.3 is 9.64 Å². The van der Waals surface area contributed by atoms with Crippen LogP contribution in [0.4, 0.5) is 0 Å². The Kier molecular flexibility index (Phi) is 5.30. The van der Waals surface area contributed by atoms with Gasteiger partial charge in [-0.25, -0.2) is 13.1 Å². The number of nitrogens with zero attached hydrogens (tertiary/aromatic N) is 1. The van der Waals surface area contributed by atoms with Crippen molar-refractivity contribution in [3.05, 3.63) is 53.4 Å². The van der Waals surface area contributed by atoms with Crippen LogP contribution < -0.4 is 4.72 Å². The molecule has 0 saturated carbocycles. The van der Waals surface area contributed by atoms with Gasteiger partial charge in [0, 0.05) is 6.54 Å². The quantitative estimate of drug-likeness (QED) is 0.873. The van der Waals surface area contributed by atoms with Gasteiger partial charge in [-0.1, -0.05) is 36.4 Å².